The zero-order valence-corrected chi connectivity index (χ0v) is 12.5. The molecule has 0 radical (unpaired) electrons. The molecule has 4 nitrogen and oxygen atoms in total. The number of hydrogen-bond acceptors (Lipinski definition) is 4. The highest BCUT2D eigenvalue weighted by Crippen LogP contribution is 2.34. The molecule has 0 saturated heterocycles. The van der Waals surface area contributed by atoms with Crippen molar-refractivity contribution in [2.75, 3.05) is 5.43 Å². The number of nitrogens with one attached hydrogen (secondary N) is 1. The highest BCUT2D eigenvalue weighted by atomic mass is 15.3. The number of benzene rings is 1. The van der Waals surface area contributed by atoms with Crippen LogP contribution in [0.5, 0.6) is 0 Å². The van der Waals surface area contributed by atoms with E-state index in [0.717, 1.165) is 17.1 Å². The molecule has 1 aromatic heterocycles. The van der Waals surface area contributed by atoms with Crippen LogP contribution in [0.25, 0.3) is 11.3 Å². The van der Waals surface area contributed by atoms with Crippen LogP contribution in [0, 0.1) is 5.41 Å². The van der Waals surface area contributed by atoms with Gasteiger partial charge in [0.2, 0.25) is 0 Å². The first-order chi connectivity index (χ1) is 9.41. The van der Waals surface area contributed by atoms with Gasteiger partial charge in [-0.3, -0.25) is 0 Å². The van der Waals surface area contributed by atoms with Crippen LogP contribution in [-0.4, -0.2) is 9.97 Å². The highest BCUT2D eigenvalue weighted by Gasteiger charge is 2.25. The monoisotopic (exact) mass is 270 g/mol. The number of nitrogens with two attached hydrogens (primary N) is 1. The summed E-state index contributed by atoms with van der Waals surface area (Å²) in [4.78, 5) is 9.21. The summed E-state index contributed by atoms with van der Waals surface area (Å²) < 4.78 is 0. The van der Waals surface area contributed by atoms with Crippen molar-refractivity contribution in [3.05, 3.63) is 42.2 Å². The summed E-state index contributed by atoms with van der Waals surface area (Å²) >= 11 is 0. The van der Waals surface area contributed by atoms with E-state index in [4.69, 9.17) is 10.8 Å². The normalized spacial score (nSPS) is 13.1. The maximum Gasteiger partial charge on any atom is 0.144 e. The van der Waals surface area contributed by atoms with Crippen molar-refractivity contribution in [2.45, 2.75) is 33.6 Å². The Morgan fingerprint density at radius 1 is 1.10 bits per heavy atom. The van der Waals surface area contributed by atoms with Gasteiger partial charge in [0.25, 0.3) is 0 Å². The Labute approximate surface area is 120 Å². The van der Waals surface area contributed by atoms with E-state index in [9.17, 15) is 0 Å². The lowest BCUT2D eigenvalue weighted by Crippen LogP contribution is -2.19. The summed E-state index contributed by atoms with van der Waals surface area (Å²) in [6.45, 7) is 8.70. The number of nitrogen functional groups attached to an aromatic ring is 1. The summed E-state index contributed by atoms with van der Waals surface area (Å²) in [6.07, 6.45) is 0. The SMILES string of the molecule is CC(c1nc(NN)cc(-c2ccccc2)n1)C(C)(C)C. The van der Waals surface area contributed by atoms with Crippen molar-refractivity contribution < 1.29 is 0 Å². The van der Waals surface area contributed by atoms with Gasteiger partial charge in [0, 0.05) is 17.5 Å². The average Bonchev–Trinajstić information content (AvgIpc) is 2.46. The summed E-state index contributed by atoms with van der Waals surface area (Å²) in [5, 5.41) is 0. The minimum Gasteiger partial charge on any atom is -0.308 e. The Bertz CT molecular complexity index is 573. The van der Waals surface area contributed by atoms with E-state index >= 15 is 0 Å². The summed E-state index contributed by atoms with van der Waals surface area (Å²) in [5.41, 5.74) is 4.68. The second-order valence-corrected chi connectivity index (χ2v) is 6.09. The third-order valence-electron chi connectivity index (χ3n) is 3.65. The van der Waals surface area contributed by atoms with Crippen molar-refractivity contribution >= 4 is 5.82 Å². The Balaban J connectivity index is 2.50. The largest absolute Gasteiger partial charge is 0.308 e. The van der Waals surface area contributed by atoms with E-state index in [1.165, 1.54) is 0 Å². The minimum absolute atomic E-state index is 0.0984. The Kier molecular flexibility index (Phi) is 4.04. The second-order valence-electron chi connectivity index (χ2n) is 6.09. The van der Waals surface area contributed by atoms with Gasteiger partial charge in [0.1, 0.15) is 11.6 Å². The fourth-order valence-corrected chi connectivity index (χ4v) is 1.88. The predicted molar refractivity (Wildman–Crippen MR) is 83.1 cm³/mol. The molecule has 0 bridgehead atoms. The molecule has 20 heavy (non-hydrogen) atoms. The number of hydrazine groups is 1. The molecule has 0 amide bonds. The number of anilines is 1. The number of rotatable bonds is 3. The zero-order chi connectivity index (χ0) is 14.8. The minimum atomic E-state index is 0.0984. The van der Waals surface area contributed by atoms with Crippen LogP contribution in [0.1, 0.15) is 39.4 Å². The molecule has 106 valence electrons. The first-order valence-corrected chi connectivity index (χ1v) is 6.83. The van der Waals surface area contributed by atoms with Gasteiger partial charge in [-0.15, -0.1) is 0 Å². The lowest BCUT2D eigenvalue weighted by Gasteiger charge is -2.26. The van der Waals surface area contributed by atoms with E-state index in [-0.39, 0.29) is 11.3 Å². The molecule has 1 atom stereocenters. The smallest absolute Gasteiger partial charge is 0.144 e. The van der Waals surface area contributed by atoms with Gasteiger partial charge in [-0.25, -0.2) is 15.8 Å². The molecule has 0 saturated carbocycles. The van der Waals surface area contributed by atoms with Crippen LogP contribution < -0.4 is 11.3 Å². The van der Waals surface area contributed by atoms with Gasteiger partial charge in [-0.1, -0.05) is 58.0 Å². The van der Waals surface area contributed by atoms with Gasteiger partial charge >= 0.3 is 0 Å². The molecule has 0 aliphatic carbocycles. The first kappa shape index (κ1) is 14.5. The van der Waals surface area contributed by atoms with Crippen molar-refractivity contribution in [1.82, 2.24) is 9.97 Å². The van der Waals surface area contributed by atoms with Crippen LogP contribution in [0.15, 0.2) is 36.4 Å². The number of nitrogens with zero attached hydrogens (tertiary/aromatic N) is 2. The molecule has 2 aromatic rings. The van der Waals surface area contributed by atoms with E-state index in [1.807, 2.05) is 36.4 Å². The van der Waals surface area contributed by atoms with Crippen molar-refractivity contribution in [1.29, 1.82) is 0 Å². The second kappa shape index (κ2) is 5.59. The van der Waals surface area contributed by atoms with Crippen molar-refractivity contribution in [3.8, 4) is 11.3 Å². The Morgan fingerprint density at radius 2 is 1.75 bits per heavy atom. The average molecular weight is 270 g/mol. The molecule has 1 aromatic carbocycles. The third kappa shape index (κ3) is 3.14. The molecule has 1 unspecified atom stereocenters. The van der Waals surface area contributed by atoms with Gasteiger partial charge in [-0.2, -0.15) is 0 Å². The lowest BCUT2D eigenvalue weighted by atomic mass is 9.81. The van der Waals surface area contributed by atoms with Gasteiger partial charge < -0.3 is 5.43 Å². The summed E-state index contributed by atoms with van der Waals surface area (Å²) in [7, 11) is 0. The Morgan fingerprint density at radius 3 is 2.30 bits per heavy atom. The van der Waals surface area contributed by atoms with Crippen LogP contribution in [-0.2, 0) is 0 Å². The van der Waals surface area contributed by atoms with Crippen molar-refractivity contribution in [2.24, 2.45) is 11.3 Å². The predicted octanol–water partition coefficient (Wildman–Crippen LogP) is 3.58. The fourth-order valence-electron chi connectivity index (χ4n) is 1.88. The fraction of sp³-hybridized carbons (Fsp3) is 0.375. The molecule has 4 heteroatoms. The molecule has 0 aliphatic heterocycles. The van der Waals surface area contributed by atoms with Crippen LogP contribution in [0.4, 0.5) is 5.82 Å². The number of aromatic nitrogens is 2. The quantitative estimate of drug-likeness (QED) is 0.661. The summed E-state index contributed by atoms with van der Waals surface area (Å²) in [6, 6.07) is 11.9. The van der Waals surface area contributed by atoms with Crippen LogP contribution in [0.3, 0.4) is 0 Å². The first-order valence-electron chi connectivity index (χ1n) is 6.83. The van der Waals surface area contributed by atoms with E-state index in [1.54, 1.807) is 0 Å². The third-order valence-corrected chi connectivity index (χ3v) is 3.65. The molecule has 0 spiro atoms. The molecule has 2 rings (SSSR count). The van der Waals surface area contributed by atoms with E-state index in [0.29, 0.717) is 5.82 Å². The Hall–Kier alpha value is -1.94. The topological polar surface area (TPSA) is 63.8 Å². The maximum atomic E-state index is 5.53. The summed E-state index contributed by atoms with van der Waals surface area (Å²) in [5.74, 6) is 7.22. The molecule has 0 aliphatic rings. The molecule has 3 N–H and O–H groups in total. The maximum absolute atomic E-state index is 5.53. The molecular weight excluding hydrogens is 248 g/mol. The van der Waals surface area contributed by atoms with E-state index < -0.39 is 0 Å². The number of hydrogen-bond donors (Lipinski definition) is 2. The van der Waals surface area contributed by atoms with Gasteiger partial charge in [0.05, 0.1) is 5.69 Å². The van der Waals surface area contributed by atoms with E-state index in [2.05, 4.69) is 38.1 Å². The molecule has 0 fully saturated rings. The van der Waals surface area contributed by atoms with Crippen molar-refractivity contribution in [3.63, 3.8) is 0 Å². The van der Waals surface area contributed by atoms with Crippen LogP contribution >= 0.6 is 0 Å². The standard InChI is InChI=1S/C16H22N4/c1-11(16(2,3)4)15-18-13(10-14(19-15)20-17)12-8-6-5-7-9-12/h5-11H,17H2,1-4H3,(H,18,19,20). The van der Waals surface area contributed by atoms with Gasteiger partial charge in [-0.05, 0) is 5.41 Å². The highest BCUT2D eigenvalue weighted by molar-refractivity contribution is 5.62. The van der Waals surface area contributed by atoms with Gasteiger partial charge in [0.15, 0.2) is 0 Å². The van der Waals surface area contributed by atoms with Crippen LogP contribution in [0.2, 0.25) is 0 Å². The zero-order valence-electron chi connectivity index (χ0n) is 12.5. The lowest BCUT2D eigenvalue weighted by molar-refractivity contribution is 0.328. The molecular formula is C16H22N4. The molecule has 1 heterocycles.